The molecule has 3 heterocycles. The number of nitrogens with zero attached hydrogens (tertiary/aromatic N) is 4. The van der Waals surface area contributed by atoms with Gasteiger partial charge >= 0.3 is 0 Å². The number of hydrogen-bond donors (Lipinski definition) is 0. The van der Waals surface area contributed by atoms with E-state index in [-0.39, 0.29) is 10.1 Å². The number of aromatic nitrogens is 4. The van der Waals surface area contributed by atoms with Gasteiger partial charge in [-0.25, -0.2) is 9.97 Å². The van der Waals surface area contributed by atoms with Crippen molar-refractivity contribution in [1.29, 1.82) is 0 Å². The van der Waals surface area contributed by atoms with Crippen LogP contribution >= 0.6 is 0 Å². The Kier molecular flexibility index (Phi) is 6.63. The molecule has 0 aliphatic rings. The van der Waals surface area contributed by atoms with Crippen LogP contribution in [0.15, 0.2) is 60.9 Å². The van der Waals surface area contributed by atoms with Gasteiger partial charge in [-0.3, -0.25) is 0 Å². The fourth-order valence-corrected chi connectivity index (χ4v) is 11.5. The first kappa shape index (κ1) is 28.6. The van der Waals surface area contributed by atoms with Gasteiger partial charge < -0.3 is 9.13 Å². The van der Waals surface area contributed by atoms with Gasteiger partial charge in [-0.15, -0.1) is 0 Å². The average Bonchev–Trinajstić information content (AvgIpc) is 3.39. The van der Waals surface area contributed by atoms with Crippen molar-refractivity contribution in [2.45, 2.75) is 77.8 Å². The van der Waals surface area contributed by atoms with E-state index in [1.54, 1.807) is 0 Å². The molecule has 40 heavy (non-hydrogen) atoms. The third-order valence-electron chi connectivity index (χ3n) is 10.2. The minimum absolute atomic E-state index is 0.129. The molecule has 0 unspecified atom stereocenters. The fraction of sp³-hybridized carbons (Fsp3) is 0.412. The van der Waals surface area contributed by atoms with E-state index in [2.05, 4.69) is 152 Å². The van der Waals surface area contributed by atoms with Crippen molar-refractivity contribution >= 4 is 48.5 Å². The predicted molar refractivity (Wildman–Crippen MR) is 180 cm³/mol. The molecule has 0 spiro atoms. The average molecular weight is 567 g/mol. The summed E-state index contributed by atoms with van der Waals surface area (Å²) in [4.78, 5) is 11.3. The molecule has 0 N–H and O–H groups in total. The standard InChI is InChI=1S/C34H46N4Si2/c1-33(2,3)39(9,10)30-29(25-21-37(7)27-19-15-13-17-23(25)27)35-31(36-32(30)40(11,12)34(4,5)6)26-22-38(8)28-20-16-14-18-24(26)28/h13-22H,1-12H3. The molecular weight excluding hydrogens is 521 g/mol. The van der Waals surface area contributed by atoms with E-state index < -0.39 is 16.1 Å². The molecule has 0 aliphatic carbocycles. The summed E-state index contributed by atoms with van der Waals surface area (Å²) in [6.07, 6.45) is 4.51. The van der Waals surface area contributed by atoms with Crippen LogP contribution in [0.25, 0.3) is 44.5 Å². The molecule has 6 heteroatoms. The van der Waals surface area contributed by atoms with E-state index in [1.165, 1.54) is 37.9 Å². The topological polar surface area (TPSA) is 35.6 Å². The van der Waals surface area contributed by atoms with Gasteiger partial charge in [0.05, 0.1) is 13.8 Å². The van der Waals surface area contributed by atoms with Gasteiger partial charge in [0.25, 0.3) is 0 Å². The summed E-state index contributed by atoms with van der Waals surface area (Å²) < 4.78 is 4.46. The van der Waals surface area contributed by atoms with Crippen molar-refractivity contribution in [3.8, 4) is 22.6 Å². The minimum atomic E-state index is -2.10. The zero-order valence-corrected chi connectivity index (χ0v) is 28.6. The maximum atomic E-state index is 5.66. The van der Waals surface area contributed by atoms with Crippen molar-refractivity contribution in [3.05, 3.63) is 60.9 Å². The number of rotatable bonds is 4. The quantitative estimate of drug-likeness (QED) is 0.205. The zero-order valence-electron chi connectivity index (χ0n) is 26.6. The monoisotopic (exact) mass is 566 g/mol. The first-order valence-corrected chi connectivity index (χ1v) is 20.5. The van der Waals surface area contributed by atoms with Gasteiger partial charge in [-0.1, -0.05) is 104 Å². The molecule has 0 saturated carbocycles. The van der Waals surface area contributed by atoms with Crippen molar-refractivity contribution < 1.29 is 0 Å². The van der Waals surface area contributed by atoms with Crippen molar-refractivity contribution in [1.82, 2.24) is 19.1 Å². The Morgan fingerprint density at radius 2 is 1.05 bits per heavy atom. The molecule has 0 atom stereocenters. The molecule has 0 amide bonds. The summed E-state index contributed by atoms with van der Waals surface area (Å²) in [6, 6.07) is 17.4. The summed E-state index contributed by atoms with van der Waals surface area (Å²) in [5.41, 5.74) is 5.91. The van der Waals surface area contributed by atoms with Gasteiger partial charge in [-0.05, 0) is 27.4 Å². The van der Waals surface area contributed by atoms with Crippen LogP contribution in [0.3, 0.4) is 0 Å². The van der Waals surface area contributed by atoms with Crippen molar-refractivity contribution in [2.75, 3.05) is 0 Å². The van der Waals surface area contributed by atoms with E-state index in [9.17, 15) is 0 Å². The number of fused-ring (bicyclic) bond motifs is 2. The van der Waals surface area contributed by atoms with Crippen LogP contribution in [0.2, 0.25) is 36.3 Å². The third-order valence-corrected chi connectivity index (χ3v) is 21.2. The second-order valence-corrected chi connectivity index (χ2v) is 25.2. The van der Waals surface area contributed by atoms with Crippen LogP contribution in [-0.2, 0) is 14.1 Å². The Labute approximate surface area is 242 Å². The Morgan fingerprint density at radius 3 is 1.55 bits per heavy atom. The SMILES string of the molecule is Cn1cc(-c2nc(-c3cn(C)c4ccccc34)c([Si](C)(C)C(C)(C)C)c([Si](C)(C)C(C)(C)C)n2)c2ccccc21. The number of aryl methyl sites for hydroxylation is 2. The lowest BCUT2D eigenvalue weighted by atomic mass is 10.1. The molecule has 3 aromatic heterocycles. The summed E-state index contributed by atoms with van der Waals surface area (Å²) >= 11 is 0. The summed E-state index contributed by atoms with van der Waals surface area (Å²) in [7, 11) is 0.0826. The van der Waals surface area contributed by atoms with Gasteiger partial charge in [-0.2, -0.15) is 0 Å². The molecule has 0 fully saturated rings. The van der Waals surface area contributed by atoms with E-state index in [1.807, 2.05) is 0 Å². The second-order valence-electron chi connectivity index (χ2n) is 14.7. The zero-order chi connectivity index (χ0) is 29.4. The maximum Gasteiger partial charge on any atom is 0.161 e. The molecule has 2 aromatic carbocycles. The van der Waals surface area contributed by atoms with E-state index in [0.29, 0.717) is 0 Å². The fourth-order valence-electron chi connectivity index (χ4n) is 5.60. The normalized spacial score (nSPS) is 13.5. The molecule has 4 nitrogen and oxygen atoms in total. The predicted octanol–water partition coefficient (Wildman–Crippen LogP) is 8.23. The molecule has 210 valence electrons. The number of hydrogen-bond acceptors (Lipinski definition) is 2. The van der Waals surface area contributed by atoms with Crippen LogP contribution in [0.4, 0.5) is 0 Å². The molecule has 0 bridgehead atoms. The smallest absolute Gasteiger partial charge is 0.161 e. The lowest BCUT2D eigenvalue weighted by Crippen LogP contribution is -2.66. The van der Waals surface area contributed by atoms with E-state index in [0.717, 1.165) is 17.1 Å². The van der Waals surface area contributed by atoms with Gasteiger partial charge in [0.1, 0.15) is 8.07 Å². The molecular formula is C34H46N4Si2. The minimum Gasteiger partial charge on any atom is -0.350 e. The van der Waals surface area contributed by atoms with E-state index >= 15 is 0 Å². The summed E-state index contributed by atoms with van der Waals surface area (Å²) in [5.74, 6) is 0.849. The van der Waals surface area contributed by atoms with Crippen LogP contribution in [0, 0.1) is 0 Å². The first-order chi connectivity index (χ1) is 18.5. The highest BCUT2D eigenvalue weighted by Crippen LogP contribution is 2.42. The van der Waals surface area contributed by atoms with Crippen LogP contribution < -0.4 is 10.5 Å². The van der Waals surface area contributed by atoms with Gasteiger partial charge in [0.2, 0.25) is 0 Å². The molecule has 5 rings (SSSR count). The highest BCUT2D eigenvalue weighted by Gasteiger charge is 2.48. The highest BCUT2D eigenvalue weighted by atomic mass is 28.3. The number of para-hydroxylation sites is 2. The summed E-state index contributed by atoms with van der Waals surface area (Å²) in [6.45, 7) is 24.6. The van der Waals surface area contributed by atoms with Crippen LogP contribution in [0.1, 0.15) is 41.5 Å². The Bertz CT molecular complexity index is 1740. The van der Waals surface area contributed by atoms with Crippen molar-refractivity contribution in [2.24, 2.45) is 14.1 Å². The lowest BCUT2D eigenvalue weighted by molar-refractivity contribution is 0.724. The van der Waals surface area contributed by atoms with Crippen LogP contribution in [-0.4, -0.2) is 35.2 Å². The Hall–Kier alpha value is -2.97. The molecule has 0 aliphatic heterocycles. The van der Waals surface area contributed by atoms with E-state index in [4.69, 9.17) is 9.97 Å². The lowest BCUT2D eigenvalue weighted by Gasteiger charge is -2.44. The molecule has 0 radical (unpaired) electrons. The maximum absolute atomic E-state index is 5.66. The molecule has 0 saturated heterocycles. The van der Waals surface area contributed by atoms with Gasteiger partial charge in [0, 0.05) is 64.7 Å². The third kappa shape index (κ3) is 4.31. The van der Waals surface area contributed by atoms with Crippen LogP contribution in [0.5, 0.6) is 0 Å². The first-order valence-electron chi connectivity index (χ1n) is 14.5. The van der Waals surface area contributed by atoms with Crippen molar-refractivity contribution in [3.63, 3.8) is 0 Å². The second kappa shape index (κ2) is 9.28. The molecule has 5 aromatic rings. The largest absolute Gasteiger partial charge is 0.350 e. The Balaban J connectivity index is 2.01. The Morgan fingerprint density at radius 1 is 0.600 bits per heavy atom. The van der Waals surface area contributed by atoms with Gasteiger partial charge in [0.15, 0.2) is 5.82 Å². The highest BCUT2D eigenvalue weighted by molar-refractivity contribution is 7.01. The summed E-state index contributed by atoms with van der Waals surface area (Å²) in [5, 5.41) is 5.52. The number of benzene rings is 2.